The van der Waals surface area contributed by atoms with Gasteiger partial charge in [0.25, 0.3) is 5.91 Å². The zero-order valence-corrected chi connectivity index (χ0v) is 9.36. The molecule has 1 rings (SSSR count). The van der Waals surface area contributed by atoms with Crippen molar-refractivity contribution in [3.63, 3.8) is 0 Å². The molecular formula is C12H15NO3. The molecule has 1 unspecified atom stereocenters. The maximum Gasteiger partial charge on any atom is 0.251 e. The zero-order valence-electron chi connectivity index (χ0n) is 9.36. The van der Waals surface area contributed by atoms with Crippen LogP contribution in [0, 0.1) is 0 Å². The normalized spacial score (nSPS) is 11.6. The molecule has 1 atom stereocenters. The molecule has 0 fully saturated rings. The van der Waals surface area contributed by atoms with Gasteiger partial charge in [0.15, 0.2) is 11.5 Å². The van der Waals surface area contributed by atoms with Crippen LogP contribution in [-0.2, 0) is 0 Å². The maximum atomic E-state index is 11.7. The molecule has 86 valence electrons. The van der Waals surface area contributed by atoms with Crippen LogP contribution in [0.2, 0.25) is 0 Å². The summed E-state index contributed by atoms with van der Waals surface area (Å²) in [5.41, 5.74) is 0.381. The van der Waals surface area contributed by atoms with Gasteiger partial charge in [-0.05, 0) is 25.1 Å². The topological polar surface area (TPSA) is 58.6 Å². The Morgan fingerprint density at radius 2 is 2.31 bits per heavy atom. The van der Waals surface area contributed by atoms with Crippen molar-refractivity contribution < 1.29 is 14.6 Å². The number of phenols is 1. The number of carbonyl (C=O) groups excluding carboxylic acids is 1. The van der Waals surface area contributed by atoms with E-state index in [9.17, 15) is 9.90 Å². The van der Waals surface area contributed by atoms with Crippen molar-refractivity contribution in [2.75, 3.05) is 7.11 Å². The van der Waals surface area contributed by atoms with E-state index in [0.29, 0.717) is 11.3 Å². The smallest absolute Gasteiger partial charge is 0.251 e. The van der Waals surface area contributed by atoms with Gasteiger partial charge in [-0.25, -0.2) is 0 Å². The molecule has 0 radical (unpaired) electrons. The Morgan fingerprint density at radius 3 is 2.81 bits per heavy atom. The first-order valence-corrected chi connectivity index (χ1v) is 4.89. The fourth-order valence-corrected chi connectivity index (χ4v) is 1.18. The van der Waals surface area contributed by atoms with Crippen LogP contribution >= 0.6 is 0 Å². The van der Waals surface area contributed by atoms with Crippen LogP contribution in [-0.4, -0.2) is 24.2 Å². The molecule has 1 aromatic rings. The van der Waals surface area contributed by atoms with Crippen molar-refractivity contribution in [3.8, 4) is 11.5 Å². The summed E-state index contributed by atoms with van der Waals surface area (Å²) in [4.78, 5) is 11.7. The Balaban J connectivity index is 2.84. The summed E-state index contributed by atoms with van der Waals surface area (Å²) in [5.74, 6) is 0.0279. The molecule has 0 aliphatic carbocycles. The highest BCUT2D eigenvalue weighted by molar-refractivity contribution is 5.95. The second kappa shape index (κ2) is 5.21. The highest BCUT2D eigenvalue weighted by Gasteiger charge is 2.10. The zero-order chi connectivity index (χ0) is 12.1. The molecular weight excluding hydrogens is 206 g/mol. The summed E-state index contributed by atoms with van der Waals surface area (Å²) in [5, 5.41) is 12.2. The predicted octanol–water partition coefficient (Wildman–Crippen LogP) is 1.71. The van der Waals surface area contributed by atoms with E-state index in [1.807, 2.05) is 6.92 Å². The highest BCUT2D eigenvalue weighted by atomic mass is 16.5. The average Bonchev–Trinajstić information content (AvgIpc) is 2.28. The molecule has 2 N–H and O–H groups in total. The molecule has 0 aliphatic heterocycles. The Kier molecular flexibility index (Phi) is 3.94. The number of carbonyl (C=O) groups is 1. The van der Waals surface area contributed by atoms with E-state index in [1.54, 1.807) is 18.2 Å². The van der Waals surface area contributed by atoms with Crippen LogP contribution in [0.3, 0.4) is 0 Å². The van der Waals surface area contributed by atoms with Crippen molar-refractivity contribution in [1.82, 2.24) is 5.32 Å². The number of hydrogen-bond donors (Lipinski definition) is 2. The van der Waals surface area contributed by atoms with Crippen molar-refractivity contribution in [3.05, 3.63) is 36.4 Å². The van der Waals surface area contributed by atoms with Crippen LogP contribution in [0.15, 0.2) is 30.9 Å². The molecule has 16 heavy (non-hydrogen) atoms. The Morgan fingerprint density at radius 1 is 1.62 bits per heavy atom. The maximum absolute atomic E-state index is 11.7. The summed E-state index contributed by atoms with van der Waals surface area (Å²) in [6, 6.07) is 4.38. The van der Waals surface area contributed by atoms with Crippen molar-refractivity contribution in [1.29, 1.82) is 0 Å². The molecule has 0 spiro atoms. The minimum atomic E-state index is -0.259. The quantitative estimate of drug-likeness (QED) is 0.761. The number of rotatable bonds is 4. The first-order chi connectivity index (χ1) is 7.58. The van der Waals surface area contributed by atoms with E-state index >= 15 is 0 Å². The minimum Gasteiger partial charge on any atom is -0.504 e. The molecule has 4 heteroatoms. The largest absolute Gasteiger partial charge is 0.504 e. The van der Waals surface area contributed by atoms with E-state index in [1.165, 1.54) is 13.2 Å². The van der Waals surface area contributed by atoms with Gasteiger partial charge in [0.05, 0.1) is 7.11 Å². The van der Waals surface area contributed by atoms with Gasteiger partial charge >= 0.3 is 0 Å². The van der Waals surface area contributed by atoms with Gasteiger partial charge in [0, 0.05) is 11.6 Å². The third-order valence-electron chi connectivity index (χ3n) is 2.15. The molecule has 1 amide bonds. The van der Waals surface area contributed by atoms with Gasteiger partial charge in [-0.1, -0.05) is 6.08 Å². The van der Waals surface area contributed by atoms with Gasteiger partial charge in [-0.15, -0.1) is 6.58 Å². The lowest BCUT2D eigenvalue weighted by molar-refractivity contribution is 0.0946. The number of phenolic OH excluding ortho intramolecular Hbond substituents is 1. The third-order valence-corrected chi connectivity index (χ3v) is 2.15. The third kappa shape index (κ3) is 2.76. The van der Waals surface area contributed by atoms with E-state index in [2.05, 4.69) is 11.9 Å². The first-order valence-electron chi connectivity index (χ1n) is 4.89. The Hall–Kier alpha value is -1.97. The average molecular weight is 221 g/mol. The van der Waals surface area contributed by atoms with Crippen LogP contribution in [0.4, 0.5) is 0 Å². The molecule has 0 saturated heterocycles. The van der Waals surface area contributed by atoms with E-state index < -0.39 is 0 Å². The molecule has 0 saturated carbocycles. The molecule has 0 aromatic heterocycles. The lowest BCUT2D eigenvalue weighted by atomic mass is 10.1. The minimum absolute atomic E-state index is 0.0543. The lowest BCUT2D eigenvalue weighted by Crippen LogP contribution is -2.30. The number of methoxy groups -OCH3 is 1. The van der Waals surface area contributed by atoms with Crippen LogP contribution in [0.25, 0.3) is 0 Å². The fraction of sp³-hybridized carbons (Fsp3) is 0.250. The van der Waals surface area contributed by atoms with Crippen LogP contribution < -0.4 is 10.1 Å². The number of aromatic hydroxyl groups is 1. The van der Waals surface area contributed by atoms with E-state index in [-0.39, 0.29) is 17.7 Å². The molecule has 1 aromatic carbocycles. The molecule has 0 bridgehead atoms. The lowest BCUT2D eigenvalue weighted by Gasteiger charge is -2.10. The number of nitrogens with one attached hydrogen (secondary N) is 1. The van der Waals surface area contributed by atoms with Gasteiger partial charge in [-0.3, -0.25) is 4.79 Å². The van der Waals surface area contributed by atoms with Gasteiger partial charge in [0.2, 0.25) is 0 Å². The van der Waals surface area contributed by atoms with Gasteiger partial charge in [0.1, 0.15) is 0 Å². The Labute approximate surface area is 94.6 Å². The number of hydrogen-bond acceptors (Lipinski definition) is 3. The van der Waals surface area contributed by atoms with Gasteiger partial charge in [-0.2, -0.15) is 0 Å². The monoisotopic (exact) mass is 221 g/mol. The van der Waals surface area contributed by atoms with Gasteiger partial charge < -0.3 is 15.2 Å². The van der Waals surface area contributed by atoms with Crippen LogP contribution in [0.5, 0.6) is 11.5 Å². The molecule has 4 nitrogen and oxygen atoms in total. The number of benzene rings is 1. The van der Waals surface area contributed by atoms with Crippen molar-refractivity contribution >= 4 is 5.91 Å². The Bertz CT molecular complexity index is 401. The number of amides is 1. The van der Waals surface area contributed by atoms with Crippen LogP contribution in [0.1, 0.15) is 17.3 Å². The second-order valence-corrected chi connectivity index (χ2v) is 3.38. The first kappa shape index (κ1) is 12.1. The summed E-state index contributed by atoms with van der Waals surface area (Å²) < 4.78 is 4.88. The predicted molar refractivity (Wildman–Crippen MR) is 61.8 cm³/mol. The summed E-state index contributed by atoms with van der Waals surface area (Å²) in [7, 11) is 1.45. The second-order valence-electron chi connectivity index (χ2n) is 3.38. The highest BCUT2D eigenvalue weighted by Crippen LogP contribution is 2.26. The van der Waals surface area contributed by atoms with Crippen molar-refractivity contribution in [2.45, 2.75) is 13.0 Å². The SMILES string of the molecule is C=CC(C)NC(=O)c1ccc(OC)c(O)c1. The number of ether oxygens (including phenoxy) is 1. The van der Waals surface area contributed by atoms with Crippen molar-refractivity contribution in [2.24, 2.45) is 0 Å². The summed E-state index contributed by atoms with van der Waals surface area (Å²) >= 11 is 0. The standard InChI is InChI=1S/C12H15NO3/c1-4-8(2)13-12(15)9-5-6-11(16-3)10(14)7-9/h4-8,14H,1H2,2-3H3,(H,13,15). The molecule has 0 aliphatic rings. The van der Waals surface area contributed by atoms with E-state index in [0.717, 1.165) is 0 Å². The summed E-state index contributed by atoms with van der Waals surface area (Å²) in [6.07, 6.45) is 1.63. The van der Waals surface area contributed by atoms with E-state index in [4.69, 9.17) is 4.74 Å². The fourth-order valence-electron chi connectivity index (χ4n) is 1.18. The molecule has 0 heterocycles. The summed E-state index contributed by atoms with van der Waals surface area (Å²) in [6.45, 7) is 5.38.